The van der Waals surface area contributed by atoms with Crippen LogP contribution in [0.4, 0.5) is 4.39 Å². The van der Waals surface area contributed by atoms with Crippen LogP contribution in [-0.2, 0) is 6.61 Å². The fourth-order valence-electron chi connectivity index (χ4n) is 2.57. The summed E-state index contributed by atoms with van der Waals surface area (Å²) >= 11 is 1.36. The average Bonchev–Trinajstić information content (AvgIpc) is 3.16. The third-order valence-electron chi connectivity index (χ3n) is 4.19. The van der Waals surface area contributed by atoms with Gasteiger partial charge in [-0.1, -0.05) is 23.8 Å². The molecule has 146 valence electrons. The number of hydrogen-bond donors (Lipinski definition) is 1. The molecule has 0 radical (unpaired) electrons. The Morgan fingerprint density at radius 1 is 1.25 bits per heavy atom. The van der Waals surface area contributed by atoms with Crippen molar-refractivity contribution < 1.29 is 18.7 Å². The van der Waals surface area contributed by atoms with Crippen molar-refractivity contribution in [2.24, 2.45) is 0 Å². The molecule has 3 rings (SSSR count). The van der Waals surface area contributed by atoms with E-state index in [4.69, 9.17) is 9.47 Å². The van der Waals surface area contributed by atoms with Crippen molar-refractivity contribution in [3.05, 3.63) is 75.5 Å². The summed E-state index contributed by atoms with van der Waals surface area (Å²) in [6.45, 7) is 4.09. The van der Waals surface area contributed by atoms with Crippen LogP contribution in [-0.4, -0.2) is 18.0 Å². The third kappa shape index (κ3) is 4.86. The Morgan fingerprint density at radius 3 is 2.68 bits per heavy atom. The average molecular weight is 400 g/mol. The second-order valence-electron chi connectivity index (χ2n) is 6.32. The minimum atomic E-state index is -0.467. The molecule has 7 heteroatoms. The lowest BCUT2D eigenvalue weighted by molar-refractivity contribution is 0.0935. The summed E-state index contributed by atoms with van der Waals surface area (Å²) in [5, 5.41) is 5.22. The Labute approximate surface area is 167 Å². The number of hydrogen-bond acceptors (Lipinski definition) is 5. The van der Waals surface area contributed by atoms with Crippen molar-refractivity contribution in [2.75, 3.05) is 7.11 Å². The summed E-state index contributed by atoms with van der Waals surface area (Å²) in [4.78, 5) is 16.8. The van der Waals surface area contributed by atoms with Crippen molar-refractivity contribution in [1.29, 1.82) is 0 Å². The predicted molar refractivity (Wildman–Crippen MR) is 106 cm³/mol. The van der Waals surface area contributed by atoms with Crippen LogP contribution in [0, 0.1) is 12.7 Å². The number of nitrogens with zero attached hydrogens (tertiary/aromatic N) is 1. The lowest BCUT2D eigenvalue weighted by Crippen LogP contribution is -2.27. The smallest absolute Gasteiger partial charge is 0.271 e. The molecule has 5 nitrogen and oxygen atoms in total. The Kier molecular flexibility index (Phi) is 6.26. The molecule has 1 aromatic heterocycles. The second kappa shape index (κ2) is 8.84. The molecular weight excluding hydrogens is 379 g/mol. The lowest BCUT2D eigenvalue weighted by Gasteiger charge is -2.14. The van der Waals surface area contributed by atoms with Gasteiger partial charge in [-0.05, 0) is 43.7 Å². The quantitative estimate of drug-likeness (QED) is 0.626. The normalized spacial score (nSPS) is 11.7. The molecule has 0 saturated heterocycles. The molecule has 1 N–H and O–H groups in total. The van der Waals surface area contributed by atoms with Crippen LogP contribution in [0.1, 0.15) is 39.6 Å². The largest absolute Gasteiger partial charge is 0.494 e. The summed E-state index contributed by atoms with van der Waals surface area (Å²) in [6.07, 6.45) is 0. The van der Waals surface area contributed by atoms with Crippen molar-refractivity contribution in [2.45, 2.75) is 26.5 Å². The van der Waals surface area contributed by atoms with E-state index in [2.05, 4.69) is 10.3 Å². The fourth-order valence-corrected chi connectivity index (χ4v) is 3.25. The molecule has 0 saturated carbocycles. The van der Waals surface area contributed by atoms with Gasteiger partial charge in [0.1, 0.15) is 23.1 Å². The molecule has 0 aliphatic heterocycles. The molecule has 1 unspecified atom stereocenters. The van der Waals surface area contributed by atoms with Gasteiger partial charge in [-0.15, -0.1) is 11.3 Å². The minimum Gasteiger partial charge on any atom is -0.494 e. The van der Waals surface area contributed by atoms with Gasteiger partial charge >= 0.3 is 0 Å². The van der Waals surface area contributed by atoms with E-state index < -0.39 is 5.82 Å². The van der Waals surface area contributed by atoms with Crippen LogP contribution in [0.25, 0.3) is 0 Å². The van der Waals surface area contributed by atoms with Crippen LogP contribution < -0.4 is 14.8 Å². The van der Waals surface area contributed by atoms with E-state index in [0.29, 0.717) is 22.9 Å². The van der Waals surface area contributed by atoms with Gasteiger partial charge < -0.3 is 14.8 Å². The topological polar surface area (TPSA) is 60.5 Å². The van der Waals surface area contributed by atoms with E-state index in [-0.39, 0.29) is 17.7 Å². The second-order valence-corrected chi connectivity index (χ2v) is 7.26. The van der Waals surface area contributed by atoms with Crippen LogP contribution in [0.3, 0.4) is 0 Å². The number of halogens is 1. The van der Waals surface area contributed by atoms with Gasteiger partial charge in [0.2, 0.25) is 0 Å². The standard InChI is InChI=1S/C21H21FN2O3S/c1-13-4-7-16(8-5-13)27-11-20-24-18(12-28-20)21(25)23-14(2)15-6-9-19(26-3)17(22)10-15/h4-10,12,14H,11H2,1-3H3,(H,23,25). The highest BCUT2D eigenvalue weighted by atomic mass is 32.1. The Morgan fingerprint density at radius 2 is 2.00 bits per heavy atom. The maximum Gasteiger partial charge on any atom is 0.271 e. The van der Waals surface area contributed by atoms with Crippen LogP contribution in [0.15, 0.2) is 47.8 Å². The summed E-state index contributed by atoms with van der Waals surface area (Å²) in [7, 11) is 1.41. The van der Waals surface area contributed by atoms with E-state index in [0.717, 1.165) is 11.3 Å². The van der Waals surface area contributed by atoms with E-state index in [1.807, 2.05) is 31.2 Å². The molecule has 0 fully saturated rings. The molecule has 0 aliphatic rings. The highest BCUT2D eigenvalue weighted by Gasteiger charge is 2.16. The zero-order chi connectivity index (χ0) is 20.1. The highest BCUT2D eigenvalue weighted by Crippen LogP contribution is 2.22. The highest BCUT2D eigenvalue weighted by molar-refractivity contribution is 7.09. The number of nitrogens with one attached hydrogen (secondary N) is 1. The number of carbonyl (C=O) groups is 1. The molecule has 1 amide bonds. The number of aromatic nitrogens is 1. The molecule has 0 aliphatic carbocycles. The molecule has 1 atom stereocenters. The lowest BCUT2D eigenvalue weighted by atomic mass is 10.1. The molecule has 28 heavy (non-hydrogen) atoms. The SMILES string of the molecule is COc1ccc(C(C)NC(=O)c2csc(COc3ccc(C)cc3)n2)cc1F. The Hall–Kier alpha value is -2.93. The van der Waals surface area contributed by atoms with Crippen molar-refractivity contribution in [1.82, 2.24) is 10.3 Å². The minimum absolute atomic E-state index is 0.167. The van der Waals surface area contributed by atoms with Crippen LogP contribution >= 0.6 is 11.3 Å². The van der Waals surface area contributed by atoms with Gasteiger partial charge in [0.25, 0.3) is 5.91 Å². The number of ether oxygens (including phenoxy) is 2. The van der Waals surface area contributed by atoms with Gasteiger partial charge in [-0.3, -0.25) is 4.79 Å². The zero-order valence-electron chi connectivity index (χ0n) is 15.9. The zero-order valence-corrected chi connectivity index (χ0v) is 16.7. The number of carbonyl (C=O) groups excluding carboxylic acids is 1. The number of methoxy groups -OCH3 is 1. The molecular formula is C21H21FN2O3S. The number of amides is 1. The number of thiazole rings is 1. The van der Waals surface area contributed by atoms with Gasteiger partial charge in [0, 0.05) is 5.38 Å². The van der Waals surface area contributed by atoms with Crippen molar-refractivity contribution >= 4 is 17.2 Å². The Balaban J connectivity index is 1.58. The summed E-state index contributed by atoms with van der Waals surface area (Å²) in [5.74, 6) is 0.133. The van der Waals surface area contributed by atoms with Crippen LogP contribution in [0.5, 0.6) is 11.5 Å². The first-order valence-electron chi connectivity index (χ1n) is 8.74. The summed E-state index contributed by atoms with van der Waals surface area (Å²) in [5.41, 5.74) is 2.12. The number of rotatable bonds is 7. The monoisotopic (exact) mass is 400 g/mol. The van der Waals surface area contributed by atoms with Gasteiger partial charge in [0.15, 0.2) is 11.6 Å². The first kappa shape index (κ1) is 19.8. The van der Waals surface area contributed by atoms with Crippen molar-refractivity contribution in [3.8, 4) is 11.5 Å². The van der Waals surface area contributed by atoms with E-state index >= 15 is 0 Å². The maximum absolute atomic E-state index is 13.9. The Bertz CT molecular complexity index is 957. The summed E-state index contributed by atoms with van der Waals surface area (Å²) < 4.78 is 24.5. The molecule has 3 aromatic rings. The van der Waals surface area contributed by atoms with Gasteiger partial charge in [-0.2, -0.15) is 0 Å². The molecule has 0 bridgehead atoms. The predicted octanol–water partition coefficient (Wildman–Crippen LogP) is 4.67. The summed E-state index contributed by atoms with van der Waals surface area (Å²) in [6, 6.07) is 12.0. The third-order valence-corrected chi connectivity index (χ3v) is 5.01. The van der Waals surface area contributed by atoms with E-state index in [9.17, 15) is 9.18 Å². The first-order chi connectivity index (χ1) is 13.5. The van der Waals surface area contributed by atoms with Crippen molar-refractivity contribution in [3.63, 3.8) is 0 Å². The van der Waals surface area contributed by atoms with Crippen LogP contribution in [0.2, 0.25) is 0 Å². The molecule has 1 heterocycles. The van der Waals surface area contributed by atoms with E-state index in [1.54, 1.807) is 18.4 Å². The first-order valence-corrected chi connectivity index (χ1v) is 9.62. The fraction of sp³-hybridized carbons (Fsp3) is 0.238. The number of benzene rings is 2. The van der Waals surface area contributed by atoms with Gasteiger partial charge in [-0.25, -0.2) is 9.37 Å². The molecule has 0 spiro atoms. The molecule has 2 aromatic carbocycles. The van der Waals surface area contributed by atoms with Gasteiger partial charge in [0.05, 0.1) is 13.2 Å². The maximum atomic E-state index is 13.9. The van der Waals surface area contributed by atoms with E-state index in [1.165, 1.54) is 30.6 Å². The number of aryl methyl sites for hydroxylation is 1.